The van der Waals surface area contributed by atoms with Crippen LogP contribution in [0.2, 0.25) is 0 Å². The van der Waals surface area contributed by atoms with Gasteiger partial charge in [0.2, 0.25) is 0 Å². The summed E-state index contributed by atoms with van der Waals surface area (Å²) in [5.74, 6) is -0.872. The number of carbonyl (C=O) groups is 1. The van der Waals surface area contributed by atoms with E-state index in [4.69, 9.17) is 5.11 Å². The van der Waals surface area contributed by atoms with E-state index in [-0.39, 0.29) is 0 Å². The van der Waals surface area contributed by atoms with Crippen LogP contribution in [0, 0.1) is 6.92 Å². The summed E-state index contributed by atoms with van der Waals surface area (Å²) in [7, 11) is 0. The highest BCUT2D eigenvalue weighted by Gasteiger charge is 2.08. The normalized spacial score (nSPS) is 10.3. The minimum Gasteiger partial charge on any atom is -0.477 e. The van der Waals surface area contributed by atoms with Gasteiger partial charge in [-0.15, -0.1) is 11.3 Å². The Morgan fingerprint density at radius 3 is 3.00 bits per heavy atom. The number of aromatic nitrogens is 1. The maximum absolute atomic E-state index is 10.7. The molecule has 0 amide bonds. The Morgan fingerprint density at radius 2 is 2.38 bits per heavy atom. The van der Waals surface area contributed by atoms with Gasteiger partial charge in [0.25, 0.3) is 0 Å². The molecule has 0 aliphatic heterocycles. The molecule has 1 N–H and O–H groups in total. The standard InChI is InChI=1S/C11H9NO2S2/c1-7-5-12-3-2-9(7)16-8-4-10(11(13)14)15-6-8/h2-6H,1H3,(H,13,14). The molecule has 0 saturated carbocycles. The monoisotopic (exact) mass is 251 g/mol. The number of aryl methyl sites for hydroxylation is 1. The highest BCUT2D eigenvalue weighted by Crippen LogP contribution is 2.32. The van der Waals surface area contributed by atoms with Crippen LogP contribution in [0.4, 0.5) is 0 Å². The predicted molar refractivity (Wildman–Crippen MR) is 64.4 cm³/mol. The van der Waals surface area contributed by atoms with Crippen LogP contribution in [0.5, 0.6) is 0 Å². The number of carboxylic acids is 1. The van der Waals surface area contributed by atoms with E-state index >= 15 is 0 Å². The van der Waals surface area contributed by atoms with Gasteiger partial charge in [0.05, 0.1) is 0 Å². The predicted octanol–water partition coefficient (Wildman–Crippen LogP) is 3.30. The summed E-state index contributed by atoms with van der Waals surface area (Å²) >= 11 is 2.81. The molecule has 0 bridgehead atoms. The van der Waals surface area contributed by atoms with Crippen LogP contribution in [0.3, 0.4) is 0 Å². The molecule has 2 aromatic heterocycles. The van der Waals surface area contributed by atoms with Crippen molar-refractivity contribution in [2.45, 2.75) is 16.7 Å². The first-order valence-electron chi connectivity index (χ1n) is 4.57. The van der Waals surface area contributed by atoms with Crippen molar-refractivity contribution in [3.8, 4) is 0 Å². The van der Waals surface area contributed by atoms with E-state index in [2.05, 4.69) is 4.98 Å². The van der Waals surface area contributed by atoms with Gasteiger partial charge >= 0.3 is 5.97 Å². The van der Waals surface area contributed by atoms with Crippen LogP contribution >= 0.6 is 23.1 Å². The molecule has 0 atom stereocenters. The van der Waals surface area contributed by atoms with Crippen LogP contribution in [-0.4, -0.2) is 16.1 Å². The van der Waals surface area contributed by atoms with Crippen molar-refractivity contribution in [3.05, 3.63) is 40.3 Å². The third kappa shape index (κ3) is 2.43. The first-order chi connectivity index (χ1) is 7.66. The number of hydrogen-bond acceptors (Lipinski definition) is 4. The van der Waals surface area contributed by atoms with Gasteiger partial charge in [-0.2, -0.15) is 0 Å². The third-order valence-electron chi connectivity index (χ3n) is 1.98. The first-order valence-corrected chi connectivity index (χ1v) is 6.27. The lowest BCUT2D eigenvalue weighted by Gasteiger charge is -2.01. The second kappa shape index (κ2) is 4.67. The van der Waals surface area contributed by atoms with Crippen molar-refractivity contribution >= 4 is 29.1 Å². The van der Waals surface area contributed by atoms with E-state index in [0.29, 0.717) is 4.88 Å². The molecule has 0 unspecified atom stereocenters. The zero-order chi connectivity index (χ0) is 11.5. The van der Waals surface area contributed by atoms with Crippen LogP contribution in [0.1, 0.15) is 15.2 Å². The minimum atomic E-state index is -0.872. The molecule has 0 spiro atoms. The Morgan fingerprint density at radius 1 is 1.56 bits per heavy atom. The van der Waals surface area contributed by atoms with Gasteiger partial charge in [-0.3, -0.25) is 4.98 Å². The lowest BCUT2D eigenvalue weighted by molar-refractivity contribution is 0.0702. The van der Waals surface area contributed by atoms with Gasteiger partial charge < -0.3 is 5.11 Å². The molecule has 0 aromatic carbocycles. The Labute approximate surface area is 101 Å². The number of aromatic carboxylic acids is 1. The summed E-state index contributed by atoms with van der Waals surface area (Å²) in [5.41, 5.74) is 1.09. The summed E-state index contributed by atoms with van der Waals surface area (Å²) < 4.78 is 0. The molecular formula is C11H9NO2S2. The lowest BCUT2D eigenvalue weighted by Crippen LogP contribution is -1.89. The molecule has 16 heavy (non-hydrogen) atoms. The maximum Gasteiger partial charge on any atom is 0.345 e. The van der Waals surface area contributed by atoms with Crippen LogP contribution < -0.4 is 0 Å². The van der Waals surface area contributed by atoms with Crippen LogP contribution in [-0.2, 0) is 0 Å². The van der Waals surface area contributed by atoms with E-state index < -0.39 is 5.97 Å². The second-order valence-corrected chi connectivity index (χ2v) is 5.22. The van der Waals surface area contributed by atoms with Crippen molar-refractivity contribution in [1.82, 2.24) is 4.98 Å². The van der Waals surface area contributed by atoms with Gasteiger partial charge in [0.1, 0.15) is 4.88 Å². The van der Waals surface area contributed by atoms with E-state index in [1.54, 1.807) is 30.2 Å². The molecule has 0 saturated heterocycles. The van der Waals surface area contributed by atoms with E-state index in [1.165, 1.54) is 11.3 Å². The quantitative estimate of drug-likeness (QED) is 0.909. The first kappa shape index (κ1) is 11.2. The van der Waals surface area contributed by atoms with E-state index in [0.717, 1.165) is 15.4 Å². The van der Waals surface area contributed by atoms with Crippen molar-refractivity contribution in [1.29, 1.82) is 0 Å². The number of nitrogens with zero attached hydrogens (tertiary/aromatic N) is 1. The molecular weight excluding hydrogens is 242 g/mol. The zero-order valence-corrected chi connectivity index (χ0v) is 10.1. The van der Waals surface area contributed by atoms with E-state index in [1.807, 2.05) is 18.4 Å². The number of rotatable bonds is 3. The Balaban J connectivity index is 2.21. The fraction of sp³-hybridized carbons (Fsp3) is 0.0909. The average molecular weight is 251 g/mol. The average Bonchev–Trinajstić information content (AvgIpc) is 2.70. The second-order valence-electron chi connectivity index (χ2n) is 3.20. The molecule has 3 nitrogen and oxygen atoms in total. The Kier molecular flexibility index (Phi) is 3.26. The van der Waals surface area contributed by atoms with Crippen molar-refractivity contribution in [2.75, 3.05) is 0 Å². The topological polar surface area (TPSA) is 50.2 Å². The number of pyridine rings is 1. The van der Waals surface area contributed by atoms with Crippen LogP contribution in [0.15, 0.2) is 39.7 Å². The number of carboxylic acid groups (broad SMARTS) is 1. The van der Waals surface area contributed by atoms with Gasteiger partial charge in [-0.1, -0.05) is 11.8 Å². The molecule has 0 radical (unpaired) electrons. The fourth-order valence-corrected chi connectivity index (χ4v) is 2.98. The van der Waals surface area contributed by atoms with Crippen molar-refractivity contribution in [2.24, 2.45) is 0 Å². The molecule has 0 aliphatic carbocycles. The Hall–Kier alpha value is -1.33. The van der Waals surface area contributed by atoms with Gasteiger partial charge in [-0.25, -0.2) is 4.79 Å². The molecule has 0 aliphatic rings. The maximum atomic E-state index is 10.7. The van der Waals surface area contributed by atoms with Crippen LogP contribution in [0.25, 0.3) is 0 Å². The third-order valence-corrected chi connectivity index (χ3v) is 4.20. The summed E-state index contributed by atoms with van der Waals surface area (Å²) in [6.07, 6.45) is 3.53. The largest absolute Gasteiger partial charge is 0.477 e. The van der Waals surface area contributed by atoms with E-state index in [9.17, 15) is 4.79 Å². The smallest absolute Gasteiger partial charge is 0.345 e. The van der Waals surface area contributed by atoms with Crippen molar-refractivity contribution < 1.29 is 9.90 Å². The van der Waals surface area contributed by atoms with Crippen molar-refractivity contribution in [3.63, 3.8) is 0 Å². The Bertz CT molecular complexity index is 522. The molecule has 2 rings (SSSR count). The fourth-order valence-electron chi connectivity index (χ4n) is 1.19. The molecule has 5 heteroatoms. The van der Waals surface area contributed by atoms with Gasteiger partial charge in [0.15, 0.2) is 0 Å². The van der Waals surface area contributed by atoms with Gasteiger partial charge in [0, 0.05) is 27.6 Å². The molecule has 82 valence electrons. The van der Waals surface area contributed by atoms with Gasteiger partial charge in [-0.05, 0) is 24.6 Å². The summed E-state index contributed by atoms with van der Waals surface area (Å²) in [6, 6.07) is 3.62. The molecule has 2 heterocycles. The number of hydrogen-bond donors (Lipinski definition) is 1. The SMILES string of the molecule is Cc1cnccc1Sc1csc(C(=O)O)c1. The molecule has 0 fully saturated rings. The highest BCUT2D eigenvalue weighted by molar-refractivity contribution is 7.99. The summed E-state index contributed by atoms with van der Waals surface area (Å²) in [6.45, 7) is 1.99. The zero-order valence-electron chi connectivity index (χ0n) is 8.51. The number of thiophene rings is 1. The lowest BCUT2D eigenvalue weighted by atomic mass is 10.3. The summed E-state index contributed by atoms with van der Waals surface area (Å²) in [4.78, 5) is 17.2. The highest BCUT2D eigenvalue weighted by atomic mass is 32.2. The molecule has 2 aromatic rings. The minimum absolute atomic E-state index is 0.370. The summed E-state index contributed by atoms with van der Waals surface area (Å²) in [5, 5.41) is 10.7.